The minimum absolute atomic E-state index is 0.0891. The van der Waals surface area contributed by atoms with Crippen LogP contribution in [0.2, 0.25) is 0 Å². The van der Waals surface area contributed by atoms with E-state index in [0.29, 0.717) is 5.75 Å². The van der Waals surface area contributed by atoms with Crippen LogP contribution in [0.15, 0.2) is 41.8 Å². The Morgan fingerprint density at radius 1 is 1.26 bits per heavy atom. The number of benzene rings is 1. The third kappa shape index (κ3) is 2.79. The van der Waals surface area contributed by atoms with Gasteiger partial charge in [-0.3, -0.25) is 0 Å². The van der Waals surface area contributed by atoms with E-state index in [-0.39, 0.29) is 12.1 Å². The van der Waals surface area contributed by atoms with E-state index in [2.05, 4.69) is 16.8 Å². The topological polar surface area (TPSA) is 38.3 Å². The van der Waals surface area contributed by atoms with Crippen LogP contribution in [0.1, 0.15) is 29.3 Å². The van der Waals surface area contributed by atoms with Crippen LogP contribution >= 0.6 is 11.3 Å². The number of carbonyl (C=O) groups excluding carboxylic acids is 1. The van der Waals surface area contributed by atoms with Crippen molar-refractivity contribution in [3.05, 3.63) is 52.2 Å². The molecular formula is C15H15NO2S. The Morgan fingerprint density at radius 2 is 2.11 bits per heavy atom. The Morgan fingerprint density at radius 3 is 2.95 bits per heavy atom. The first kappa shape index (κ1) is 12.2. The lowest BCUT2D eigenvalue weighted by Crippen LogP contribution is -2.32. The first-order chi connectivity index (χ1) is 9.33. The van der Waals surface area contributed by atoms with E-state index in [9.17, 15) is 4.79 Å². The van der Waals surface area contributed by atoms with Gasteiger partial charge in [0.1, 0.15) is 5.75 Å². The fraction of sp³-hybridized carbons (Fsp3) is 0.267. The Kier molecular flexibility index (Phi) is 3.51. The average molecular weight is 273 g/mol. The van der Waals surface area contributed by atoms with Gasteiger partial charge >= 0.3 is 6.09 Å². The summed E-state index contributed by atoms with van der Waals surface area (Å²) in [5.41, 5.74) is 1.25. The van der Waals surface area contributed by atoms with Crippen molar-refractivity contribution < 1.29 is 9.53 Å². The van der Waals surface area contributed by atoms with Gasteiger partial charge in [0.05, 0.1) is 6.04 Å². The van der Waals surface area contributed by atoms with Crippen molar-refractivity contribution in [3.63, 3.8) is 0 Å². The number of thiophene rings is 1. The second kappa shape index (κ2) is 5.45. The number of ether oxygens (including phenoxy) is 1. The van der Waals surface area contributed by atoms with Crippen molar-refractivity contribution in [3.8, 4) is 5.75 Å². The molecule has 98 valence electrons. The Bertz CT molecular complexity index is 565. The van der Waals surface area contributed by atoms with Crippen LogP contribution < -0.4 is 10.1 Å². The highest BCUT2D eigenvalue weighted by molar-refractivity contribution is 7.10. The summed E-state index contributed by atoms with van der Waals surface area (Å²) in [6.45, 7) is 0. The number of fused-ring (bicyclic) bond motifs is 1. The largest absolute Gasteiger partial charge is 0.413 e. The standard InChI is InChI=1S/C15H15NO2S/c17-15(18-11-5-2-1-3-6-11)16-13-7-4-8-14-12(13)9-10-19-14/h1-3,5-6,9-10,13H,4,7-8H2,(H,16,17). The highest BCUT2D eigenvalue weighted by Gasteiger charge is 2.23. The van der Waals surface area contributed by atoms with Gasteiger partial charge < -0.3 is 10.1 Å². The first-order valence-corrected chi connectivity index (χ1v) is 7.30. The highest BCUT2D eigenvalue weighted by atomic mass is 32.1. The highest BCUT2D eigenvalue weighted by Crippen LogP contribution is 2.33. The van der Waals surface area contributed by atoms with Gasteiger partial charge in [-0.2, -0.15) is 0 Å². The number of rotatable bonds is 2. The summed E-state index contributed by atoms with van der Waals surface area (Å²) in [7, 11) is 0. The third-order valence-electron chi connectivity index (χ3n) is 3.30. The number of hydrogen-bond donors (Lipinski definition) is 1. The van der Waals surface area contributed by atoms with Crippen LogP contribution in [-0.2, 0) is 6.42 Å². The molecule has 2 aromatic rings. The van der Waals surface area contributed by atoms with Crippen LogP contribution in [0.5, 0.6) is 5.75 Å². The molecule has 1 aromatic heterocycles. The summed E-state index contributed by atoms with van der Waals surface area (Å²) < 4.78 is 5.26. The molecule has 4 heteroatoms. The molecular weight excluding hydrogens is 258 g/mol. The minimum atomic E-state index is -0.379. The van der Waals surface area contributed by atoms with Crippen LogP contribution in [0.25, 0.3) is 0 Å². The molecule has 1 aromatic carbocycles. The Hall–Kier alpha value is -1.81. The van der Waals surface area contributed by atoms with Crippen molar-refractivity contribution in [2.24, 2.45) is 0 Å². The van der Waals surface area contributed by atoms with Crippen LogP contribution in [0, 0.1) is 0 Å². The summed E-state index contributed by atoms with van der Waals surface area (Å²) in [5.74, 6) is 0.571. The molecule has 0 aliphatic heterocycles. The molecule has 1 heterocycles. The monoisotopic (exact) mass is 273 g/mol. The van der Waals surface area contributed by atoms with E-state index in [0.717, 1.165) is 19.3 Å². The number of nitrogens with one attached hydrogen (secondary N) is 1. The number of carbonyl (C=O) groups is 1. The maximum atomic E-state index is 11.9. The van der Waals surface area contributed by atoms with Gasteiger partial charge in [-0.15, -0.1) is 11.3 Å². The molecule has 1 atom stereocenters. The Balaban J connectivity index is 1.65. The summed E-state index contributed by atoms with van der Waals surface area (Å²) >= 11 is 1.77. The quantitative estimate of drug-likeness (QED) is 0.900. The maximum absolute atomic E-state index is 11.9. The fourth-order valence-corrected chi connectivity index (χ4v) is 3.39. The predicted molar refractivity (Wildman–Crippen MR) is 75.6 cm³/mol. The van der Waals surface area contributed by atoms with Gasteiger partial charge in [-0.1, -0.05) is 18.2 Å². The normalized spacial score (nSPS) is 17.6. The summed E-state index contributed by atoms with van der Waals surface area (Å²) in [5, 5.41) is 5.05. The lowest BCUT2D eigenvalue weighted by molar-refractivity contribution is 0.194. The molecule has 1 aliphatic rings. The zero-order chi connectivity index (χ0) is 13.1. The van der Waals surface area contributed by atoms with E-state index in [1.54, 1.807) is 23.5 Å². The minimum Gasteiger partial charge on any atom is -0.410 e. The molecule has 0 saturated heterocycles. The molecule has 1 unspecified atom stereocenters. The van der Waals surface area contributed by atoms with Gasteiger partial charge in [0.15, 0.2) is 0 Å². The third-order valence-corrected chi connectivity index (χ3v) is 4.29. The predicted octanol–water partition coefficient (Wildman–Crippen LogP) is 3.91. The van der Waals surface area contributed by atoms with E-state index in [4.69, 9.17) is 4.74 Å². The summed E-state index contributed by atoms with van der Waals surface area (Å²) in [4.78, 5) is 13.3. The summed E-state index contributed by atoms with van der Waals surface area (Å²) in [6, 6.07) is 11.3. The van der Waals surface area contributed by atoms with E-state index in [1.807, 2.05) is 18.2 Å². The molecule has 0 fully saturated rings. The number of para-hydroxylation sites is 1. The molecule has 1 amide bonds. The fourth-order valence-electron chi connectivity index (χ4n) is 2.40. The first-order valence-electron chi connectivity index (χ1n) is 6.42. The lowest BCUT2D eigenvalue weighted by atomic mass is 9.94. The smallest absolute Gasteiger partial charge is 0.410 e. The van der Waals surface area contributed by atoms with Crippen LogP contribution in [0.4, 0.5) is 4.79 Å². The number of aryl methyl sites for hydroxylation is 1. The molecule has 1 aliphatic carbocycles. The van der Waals surface area contributed by atoms with E-state index >= 15 is 0 Å². The van der Waals surface area contributed by atoms with Gasteiger partial charge in [0.2, 0.25) is 0 Å². The van der Waals surface area contributed by atoms with Gasteiger partial charge in [-0.25, -0.2) is 4.79 Å². The van der Waals surface area contributed by atoms with E-state index in [1.165, 1.54) is 10.4 Å². The van der Waals surface area contributed by atoms with Gasteiger partial charge in [0.25, 0.3) is 0 Å². The molecule has 3 nitrogen and oxygen atoms in total. The number of amides is 1. The van der Waals surface area contributed by atoms with Crippen molar-refractivity contribution in [2.75, 3.05) is 0 Å². The lowest BCUT2D eigenvalue weighted by Gasteiger charge is -2.23. The van der Waals surface area contributed by atoms with Crippen molar-refractivity contribution in [1.29, 1.82) is 0 Å². The molecule has 0 radical (unpaired) electrons. The van der Waals surface area contributed by atoms with Gasteiger partial charge in [-0.05, 0) is 48.4 Å². The number of hydrogen-bond acceptors (Lipinski definition) is 3. The molecule has 19 heavy (non-hydrogen) atoms. The molecule has 0 spiro atoms. The maximum Gasteiger partial charge on any atom is 0.413 e. The van der Waals surface area contributed by atoms with Crippen molar-refractivity contribution >= 4 is 17.4 Å². The molecule has 3 rings (SSSR count). The Labute approximate surface area is 116 Å². The average Bonchev–Trinajstić information content (AvgIpc) is 2.89. The van der Waals surface area contributed by atoms with Crippen molar-refractivity contribution in [1.82, 2.24) is 5.32 Å². The van der Waals surface area contributed by atoms with Gasteiger partial charge in [0, 0.05) is 4.88 Å². The second-order valence-electron chi connectivity index (χ2n) is 4.59. The molecule has 1 N–H and O–H groups in total. The SMILES string of the molecule is O=C(NC1CCCc2sccc21)Oc1ccccc1. The van der Waals surface area contributed by atoms with Crippen molar-refractivity contribution in [2.45, 2.75) is 25.3 Å². The zero-order valence-corrected chi connectivity index (χ0v) is 11.3. The second-order valence-corrected chi connectivity index (χ2v) is 5.59. The molecule has 0 bridgehead atoms. The zero-order valence-electron chi connectivity index (χ0n) is 10.5. The van der Waals surface area contributed by atoms with Crippen LogP contribution in [0.3, 0.4) is 0 Å². The van der Waals surface area contributed by atoms with E-state index < -0.39 is 0 Å². The molecule has 0 saturated carbocycles. The van der Waals surface area contributed by atoms with Crippen LogP contribution in [-0.4, -0.2) is 6.09 Å². The summed E-state index contributed by atoms with van der Waals surface area (Å²) in [6.07, 6.45) is 2.84.